The maximum absolute atomic E-state index is 2.54. The van der Waals surface area contributed by atoms with Gasteiger partial charge in [0.1, 0.15) is 0 Å². The summed E-state index contributed by atoms with van der Waals surface area (Å²) in [6, 6.07) is 76.4. The number of benzene rings is 9. The Balaban J connectivity index is 1.23. The number of rotatable bonds is 6. The van der Waals surface area contributed by atoms with Crippen LogP contribution >= 0.6 is 0 Å². The molecule has 3 aliphatic rings. The fourth-order valence-electron chi connectivity index (χ4n) is 10.7. The van der Waals surface area contributed by atoms with Gasteiger partial charge in [0.15, 0.2) is 0 Å². The van der Waals surface area contributed by atoms with Crippen LogP contribution < -0.4 is 9.80 Å². The van der Waals surface area contributed by atoms with Crippen LogP contribution in [-0.4, -0.2) is 0 Å². The second kappa shape index (κ2) is 13.3. The number of para-hydroxylation sites is 2. The van der Waals surface area contributed by atoms with Gasteiger partial charge in [0.25, 0.3) is 0 Å². The standard InChI is InChI=1S/C57H40N2/c1-3-21-43(22-4-1)58(45-33-31-39-17-7-9-19-41(39)35-45)47-37-54-56(55(38-47)59(44-23-5-2-6-24-44)46-34-32-40-18-8-10-20-42(40)36-46)50-27-13-16-30-53(50)57(54)51-28-14-11-25-48(51)49-26-12-15-29-52(49)57/h1-38,48,51H. The largest absolute Gasteiger partial charge is 0.310 e. The molecule has 0 bridgehead atoms. The van der Waals surface area contributed by atoms with Gasteiger partial charge in [0, 0.05) is 45.8 Å². The van der Waals surface area contributed by atoms with Crippen molar-refractivity contribution in [2.75, 3.05) is 9.80 Å². The third-order valence-corrected chi connectivity index (χ3v) is 13.0. The molecule has 0 N–H and O–H groups in total. The lowest BCUT2D eigenvalue weighted by Gasteiger charge is -2.37. The number of nitrogens with zero attached hydrogens (tertiary/aromatic N) is 2. The molecule has 3 atom stereocenters. The van der Waals surface area contributed by atoms with Crippen molar-refractivity contribution < 1.29 is 0 Å². The fraction of sp³-hybridized carbons (Fsp3) is 0.0526. The quantitative estimate of drug-likeness (QED) is 0.167. The highest BCUT2D eigenvalue weighted by Crippen LogP contribution is 2.67. The van der Waals surface area contributed by atoms with Crippen LogP contribution in [0.4, 0.5) is 34.1 Å². The predicted octanol–water partition coefficient (Wildman–Crippen LogP) is 15.1. The molecule has 278 valence electrons. The lowest BCUT2D eigenvalue weighted by atomic mass is 9.65. The molecule has 2 heteroatoms. The van der Waals surface area contributed by atoms with Crippen molar-refractivity contribution in [2.45, 2.75) is 11.3 Å². The molecular weight excluding hydrogens is 713 g/mol. The molecule has 0 saturated heterocycles. The lowest BCUT2D eigenvalue weighted by Crippen LogP contribution is -2.33. The van der Waals surface area contributed by atoms with Crippen LogP contribution in [-0.2, 0) is 5.41 Å². The van der Waals surface area contributed by atoms with Crippen LogP contribution in [0.3, 0.4) is 0 Å². The number of hydrogen-bond acceptors (Lipinski definition) is 2. The Kier molecular flexibility index (Phi) is 7.61. The van der Waals surface area contributed by atoms with Crippen molar-refractivity contribution >= 4 is 55.7 Å². The highest BCUT2D eigenvalue weighted by atomic mass is 15.2. The Bertz CT molecular complexity index is 3140. The molecule has 0 fully saturated rings. The molecule has 0 aromatic heterocycles. The zero-order chi connectivity index (χ0) is 38.9. The molecule has 3 unspecified atom stereocenters. The Morgan fingerprint density at radius 1 is 0.356 bits per heavy atom. The van der Waals surface area contributed by atoms with E-state index in [0.29, 0.717) is 0 Å². The van der Waals surface area contributed by atoms with Crippen LogP contribution in [0, 0.1) is 5.92 Å². The smallest absolute Gasteiger partial charge is 0.0564 e. The highest BCUT2D eigenvalue weighted by Gasteiger charge is 2.57. The number of fused-ring (bicyclic) bond motifs is 12. The van der Waals surface area contributed by atoms with E-state index in [0.717, 1.165) is 34.1 Å². The van der Waals surface area contributed by atoms with Gasteiger partial charge < -0.3 is 9.80 Å². The number of anilines is 6. The Morgan fingerprint density at radius 3 is 1.59 bits per heavy atom. The van der Waals surface area contributed by atoms with E-state index in [1.165, 1.54) is 54.9 Å². The topological polar surface area (TPSA) is 6.48 Å². The summed E-state index contributed by atoms with van der Waals surface area (Å²) in [7, 11) is 0. The third kappa shape index (κ3) is 5.06. The van der Waals surface area contributed by atoms with Crippen LogP contribution in [0.1, 0.15) is 28.2 Å². The normalized spacial score (nSPS) is 18.1. The molecule has 9 aromatic carbocycles. The predicted molar refractivity (Wildman–Crippen MR) is 247 cm³/mol. The second-order valence-corrected chi connectivity index (χ2v) is 16.1. The van der Waals surface area contributed by atoms with Gasteiger partial charge in [-0.1, -0.05) is 170 Å². The van der Waals surface area contributed by atoms with Crippen LogP contribution in [0.15, 0.2) is 231 Å². The van der Waals surface area contributed by atoms with Crippen LogP contribution in [0.2, 0.25) is 0 Å². The maximum Gasteiger partial charge on any atom is 0.0564 e. The minimum absolute atomic E-state index is 0.201. The molecule has 2 nitrogen and oxygen atoms in total. The monoisotopic (exact) mass is 752 g/mol. The molecule has 59 heavy (non-hydrogen) atoms. The van der Waals surface area contributed by atoms with Gasteiger partial charge in [0.2, 0.25) is 0 Å². The Morgan fingerprint density at radius 2 is 0.898 bits per heavy atom. The molecule has 0 saturated carbocycles. The van der Waals surface area contributed by atoms with E-state index in [1.54, 1.807) is 0 Å². The van der Waals surface area contributed by atoms with Crippen molar-refractivity contribution in [3.63, 3.8) is 0 Å². The molecule has 0 radical (unpaired) electrons. The van der Waals surface area contributed by atoms with E-state index >= 15 is 0 Å². The summed E-state index contributed by atoms with van der Waals surface area (Å²) in [6.45, 7) is 0. The van der Waals surface area contributed by atoms with Gasteiger partial charge in [-0.05, 0) is 110 Å². The Hall–Kier alpha value is -7.42. The van der Waals surface area contributed by atoms with Gasteiger partial charge in [-0.15, -0.1) is 0 Å². The maximum atomic E-state index is 2.54. The Labute approximate surface area is 345 Å². The van der Waals surface area contributed by atoms with E-state index in [4.69, 9.17) is 0 Å². The van der Waals surface area contributed by atoms with Crippen molar-refractivity contribution in [1.29, 1.82) is 0 Å². The zero-order valence-corrected chi connectivity index (χ0v) is 32.5. The number of hydrogen-bond donors (Lipinski definition) is 0. The average molecular weight is 753 g/mol. The molecule has 1 spiro atoms. The fourth-order valence-corrected chi connectivity index (χ4v) is 10.7. The van der Waals surface area contributed by atoms with Crippen LogP contribution in [0.5, 0.6) is 0 Å². The van der Waals surface area contributed by atoms with Crippen molar-refractivity contribution in [2.24, 2.45) is 5.92 Å². The summed E-state index contributed by atoms with van der Waals surface area (Å²) in [4.78, 5) is 4.97. The summed E-state index contributed by atoms with van der Waals surface area (Å²) < 4.78 is 0. The molecule has 9 aromatic rings. The molecule has 0 amide bonds. The molecule has 12 rings (SSSR count). The summed E-state index contributed by atoms with van der Waals surface area (Å²) in [5.74, 6) is 0.464. The molecular formula is C57H40N2. The van der Waals surface area contributed by atoms with Crippen molar-refractivity contribution in [3.05, 3.63) is 253 Å². The first kappa shape index (κ1) is 33.7. The zero-order valence-electron chi connectivity index (χ0n) is 32.5. The van der Waals surface area contributed by atoms with Gasteiger partial charge in [0.05, 0.1) is 11.1 Å². The van der Waals surface area contributed by atoms with E-state index in [1.807, 2.05) is 0 Å². The van der Waals surface area contributed by atoms with E-state index in [9.17, 15) is 0 Å². The lowest BCUT2D eigenvalue weighted by molar-refractivity contribution is 0.465. The first-order valence-electron chi connectivity index (χ1n) is 20.7. The second-order valence-electron chi connectivity index (χ2n) is 16.1. The molecule has 3 aliphatic carbocycles. The first-order valence-corrected chi connectivity index (χ1v) is 20.7. The van der Waals surface area contributed by atoms with Gasteiger partial charge >= 0.3 is 0 Å². The van der Waals surface area contributed by atoms with E-state index < -0.39 is 5.41 Å². The summed E-state index contributed by atoms with van der Waals surface area (Å²) in [5.41, 5.74) is 14.4. The van der Waals surface area contributed by atoms with Crippen LogP contribution in [0.25, 0.3) is 32.7 Å². The summed E-state index contributed by atoms with van der Waals surface area (Å²) in [6.07, 6.45) is 9.44. The van der Waals surface area contributed by atoms with E-state index in [-0.39, 0.29) is 11.8 Å². The minimum Gasteiger partial charge on any atom is -0.310 e. The van der Waals surface area contributed by atoms with Gasteiger partial charge in [-0.2, -0.15) is 0 Å². The van der Waals surface area contributed by atoms with Gasteiger partial charge in [-0.3, -0.25) is 0 Å². The summed E-state index contributed by atoms with van der Waals surface area (Å²) in [5, 5.41) is 4.88. The summed E-state index contributed by atoms with van der Waals surface area (Å²) >= 11 is 0. The van der Waals surface area contributed by atoms with Crippen molar-refractivity contribution in [3.8, 4) is 11.1 Å². The highest BCUT2D eigenvalue weighted by molar-refractivity contribution is 6.01. The SMILES string of the molecule is C1=CC2c3ccccc3C3(c4ccccc4-c4c(N(c5ccccc5)c5ccc6ccccc6c5)cc(N(c5ccccc5)c5ccc6ccccc6c5)cc43)C2C=C1. The number of allylic oxidation sites excluding steroid dienone is 4. The first-order chi connectivity index (χ1) is 29.3. The average Bonchev–Trinajstić information content (AvgIpc) is 3.77. The third-order valence-electron chi connectivity index (χ3n) is 13.0. The van der Waals surface area contributed by atoms with E-state index in [2.05, 4.69) is 240 Å². The van der Waals surface area contributed by atoms with Gasteiger partial charge in [-0.25, -0.2) is 0 Å². The molecule has 0 aliphatic heterocycles. The van der Waals surface area contributed by atoms with Crippen molar-refractivity contribution in [1.82, 2.24) is 0 Å². The minimum atomic E-state index is -0.420. The molecule has 0 heterocycles.